The molecule has 112 valence electrons. The Morgan fingerprint density at radius 2 is 1.95 bits per heavy atom. The van der Waals surface area contributed by atoms with Crippen molar-refractivity contribution in [1.29, 1.82) is 0 Å². The van der Waals surface area contributed by atoms with Gasteiger partial charge in [-0.15, -0.1) is 0 Å². The van der Waals surface area contributed by atoms with Crippen LogP contribution in [0.15, 0.2) is 46.9 Å². The van der Waals surface area contributed by atoms with E-state index in [2.05, 4.69) is 50.4 Å². The van der Waals surface area contributed by atoms with Crippen LogP contribution in [0, 0.1) is 5.82 Å². The van der Waals surface area contributed by atoms with Crippen molar-refractivity contribution in [2.75, 3.05) is 26.0 Å². The van der Waals surface area contributed by atoms with Crippen molar-refractivity contribution in [1.82, 2.24) is 5.32 Å². The molecule has 0 aliphatic rings. The smallest absolute Gasteiger partial charge is 0.137 e. The molecule has 0 saturated carbocycles. The topological polar surface area (TPSA) is 15.3 Å². The third kappa shape index (κ3) is 4.05. The minimum absolute atomic E-state index is 0.197. The van der Waals surface area contributed by atoms with Gasteiger partial charge in [-0.3, -0.25) is 0 Å². The molecule has 0 bridgehead atoms. The number of hydrogen-bond donors (Lipinski definition) is 1. The summed E-state index contributed by atoms with van der Waals surface area (Å²) in [5, 5.41) is 3.34. The number of rotatable bonds is 5. The SMILES string of the molecule is CNC(Cc1ccc(F)c(Br)c1)c1cccc(N(C)C)c1. The van der Waals surface area contributed by atoms with Crippen LogP contribution in [-0.4, -0.2) is 21.1 Å². The molecule has 21 heavy (non-hydrogen) atoms. The van der Waals surface area contributed by atoms with Crippen LogP contribution in [0.5, 0.6) is 0 Å². The summed E-state index contributed by atoms with van der Waals surface area (Å²) in [5.41, 5.74) is 3.50. The number of anilines is 1. The zero-order chi connectivity index (χ0) is 15.4. The molecule has 1 atom stereocenters. The van der Waals surface area contributed by atoms with Crippen LogP contribution in [0.2, 0.25) is 0 Å². The fourth-order valence-corrected chi connectivity index (χ4v) is 2.73. The van der Waals surface area contributed by atoms with Gasteiger partial charge in [-0.2, -0.15) is 0 Å². The molecular weight excluding hydrogens is 331 g/mol. The summed E-state index contributed by atoms with van der Waals surface area (Å²) in [6, 6.07) is 13.8. The Bertz CT molecular complexity index is 613. The van der Waals surface area contributed by atoms with Gasteiger partial charge in [-0.05, 0) is 64.8 Å². The molecule has 0 aliphatic carbocycles. The molecule has 0 spiro atoms. The average molecular weight is 351 g/mol. The van der Waals surface area contributed by atoms with Crippen LogP contribution in [0.25, 0.3) is 0 Å². The Morgan fingerprint density at radius 3 is 2.57 bits per heavy atom. The first-order chi connectivity index (χ1) is 10.0. The van der Waals surface area contributed by atoms with Crippen molar-refractivity contribution in [3.8, 4) is 0 Å². The Labute approximate surface area is 134 Å². The molecule has 0 aliphatic heterocycles. The number of benzene rings is 2. The van der Waals surface area contributed by atoms with Crippen LogP contribution >= 0.6 is 15.9 Å². The molecule has 2 nitrogen and oxygen atoms in total. The van der Waals surface area contributed by atoms with Crippen LogP contribution in [-0.2, 0) is 6.42 Å². The summed E-state index contributed by atoms with van der Waals surface area (Å²) < 4.78 is 13.8. The van der Waals surface area contributed by atoms with Crippen molar-refractivity contribution in [3.05, 3.63) is 63.9 Å². The van der Waals surface area contributed by atoms with E-state index >= 15 is 0 Å². The van der Waals surface area contributed by atoms with Gasteiger partial charge >= 0.3 is 0 Å². The molecule has 2 rings (SSSR count). The Balaban J connectivity index is 2.23. The first-order valence-electron chi connectivity index (χ1n) is 6.89. The highest BCUT2D eigenvalue weighted by Crippen LogP contribution is 2.24. The van der Waals surface area contributed by atoms with E-state index in [1.807, 2.05) is 33.3 Å². The van der Waals surface area contributed by atoms with Crippen molar-refractivity contribution in [3.63, 3.8) is 0 Å². The van der Waals surface area contributed by atoms with Gasteiger partial charge in [0.2, 0.25) is 0 Å². The van der Waals surface area contributed by atoms with Gasteiger partial charge in [0.05, 0.1) is 4.47 Å². The lowest BCUT2D eigenvalue weighted by atomic mass is 9.98. The lowest BCUT2D eigenvalue weighted by molar-refractivity contribution is 0.587. The zero-order valence-electron chi connectivity index (χ0n) is 12.5. The zero-order valence-corrected chi connectivity index (χ0v) is 14.1. The first-order valence-corrected chi connectivity index (χ1v) is 7.69. The van der Waals surface area contributed by atoms with E-state index in [1.165, 1.54) is 17.3 Å². The predicted molar refractivity (Wildman–Crippen MR) is 90.4 cm³/mol. The predicted octanol–water partition coefficient (Wildman–Crippen LogP) is 4.16. The second-order valence-electron chi connectivity index (χ2n) is 5.28. The van der Waals surface area contributed by atoms with E-state index < -0.39 is 0 Å². The first kappa shape index (κ1) is 16.0. The van der Waals surface area contributed by atoms with E-state index in [0.29, 0.717) is 4.47 Å². The Kier molecular flexibility index (Phi) is 5.37. The van der Waals surface area contributed by atoms with Crippen molar-refractivity contribution >= 4 is 21.6 Å². The minimum Gasteiger partial charge on any atom is -0.378 e. The minimum atomic E-state index is -0.227. The molecule has 0 radical (unpaired) electrons. The molecular formula is C17H20BrFN2. The summed E-state index contributed by atoms with van der Waals surface area (Å²) in [6.07, 6.45) is 0.812. The summed E-state index contributed by atoms with van der Waals surface area (Å²) in [5.74, 6) is -0.227. The molecule has 2 aromatic rings. The number of likely N-dealkylation sites (N-methyl/N-ethyl adjacent to an activating group) is 1. The molecule has 0 aromatic heterocycles. The van der Waals surface area contributed by atoms with Gasteiger partial charge in [0.1, 0.15) is 5.82 Å². The lowest BCUT2D eigenvalue weighted by Crippen LogP contribution is -2.19. The summed E-state index contributed by atoms with van der Waals surface area (Å²) >= 11 is 3.24. The van der Waals surface area contributed by atoms with E-state index in [4.69, 9.17) is 0 Å². The average Bonchev–Trinajstić information content (AvgIpc) is 2.48. The summed E-state index contributed by atoms with van der Waals surface area (Å²) in [4.78, 5) is 2.09. The highest BCUT2D eigenvalue weighted by atomic mass is 79.9. The van der Waals surface area contributed by atoms with Crippen molar-refractivity contribution in [2.24, 2.45) is 0 Å². The summed E-state index contributed by atoms with van der Waals surface area (Å²) in [6.45, 7) is 0. The molecule has 0 amide bonds. The molecule has 0 fully saturated rings. The lowest BCUT2D eigenvalue weighted by Gasteiger charge is -2.20. The molecule has 0 heterocycles. The number of halogens is 2. The van der Waals surface area contributed by atoms with E-state index in [1.54, 1.807) is 0 Å². The van der Waals surface area contributed by atoms with Gasteiger partial charge < -0.3 is 10.2 Å². The van der Waals surface area contributed by atoms with Gasteiger partial charge in [-0.1, -0.05) is 18.2 Å². The number of nitrogens with one attached hydrogen (secondary N) is 1. The van der Waals surface area contributed by atoms with Crippen LogP contribution in [0.1, 0.15) is 17.2 Å². The van der Waals surface area contributed by atoms with E-state index in [0.717, 1.165) is 12.0 Å². The molecule has 1 unspecified atom stereocenters. The van der Waals surface area contributed by atoms with Crippen LogP contribution in [0.3, 0.4) is 0 Å². The largest absolute Gasteiger partial charge is 0.378 e. The van der Waals surface area contributed by atoms with Gasteiger partial charge in [-0.25, -0.2) is 4.39 Å². The normalized spacial score (nSPS) is 12.2. The quantitative estimate of drug-likeness (QED) is 0.870. The maximum absolute atomic E-state index is 13.3. The van der Waals surface area contributed by atoms with Crippen molar-refractivity contribution in [2.45, 2.75) is 12.5 Å². The fourth-order valence-electron chi connectivity index (χ4n) is 2.31. The monoisotopic (exact) mass is 350 g/mol. The van der Waals surface area contributed by atoms with Gasteiger partial charge in [0, 0.05) is 25.8 Å². The molecule has 4 heteroatoms. The summed E-state index contributed by atoms with van der Waals surface area (Å²) in [7, 11) is 6.01. The number of hydrogen-bond acceptors (Lipinski definition) is 2. The maximum atomic E-state index is 13.3. The highest BCUT2D eigenvalue weighted by Gasteiger charge is 2.12. The highest BCUT2D eigenvalue weighted by molar-refractivity contribution is 9.10. The van der Waals surface area contributed by atoms with Gasteiger partial charge in [0.15, 0.2) is 0 Å². The van der Waals surface area contributed by atoms with Gasteiger partial charge in [0.25, 0.3) is 0 Å². The van der Waals surface area contributed by atoms with E-state index in [9.17, 15) is 4.39 Å². The van der Waals surface area contributed by atoms with Crippen LogP contribution in [0.4, 0.5) is 10.1 Å². The molecule has 2 aromatic carbocycles. The second kappa shape index (κ2) is 7.05. The maximum Gasteiger partial charge on any atom is 0.137 e. The fraction of sp³-hybridized carbons (Fsp3) is 0.294. The van der Waals surface area contributed by atoms with Crippen LogP contribution < -0.4 is 10.2 Å². The third-order valence-corrected chi connectivity index (χ3v) is 4.17. The number of nitrogens with zero attached hydrogens (tertiary/aromatic N) is 1. The van der Waals surface area contributed by atoms with Crippen molar-refractivity contribution < 1.29 is 4.39 Å². The molecule has 0 saturated heterocycles. The Morgan fingerprint density at radius 1 is 1.19 bits per heavy atom. The molecule has 1 N–H and O–H groups in total. The second-order valence-corrected chi connectivity index (χ2v) is 6.14. The Hall–Kier alpha value is -1.39. The standard InChI is InChI=1S/C17H20BrFN2/c1-20-17(10-12-7-8-16(19)15(18)9-12)13-5-4-6-14(11-13)21(2)3/h4-9,11,17,20H,10H2,1-3H3. The third-order valence-electron chi connectivity index (χ3n) is 3.56. The van der Waals surface area contributed by atoms with E-state index in [-0.39, 0.29) is 11.9 Å².